The number of hydrogen-bond donors (Lipinski definition) is 0. The van der Waals surface area contributed by atoms with Crippen molar-refractivity contribution < 1.29 is 14.2 Å². The first-order valence-corrected chi connectivity index (χ1v) is 11.2. The molecule has 0 amide bonds. The third-order valence-corrected chi connectivity index (χ3v) is 7.96. The fourth-order valence-electron chi connectivity index (χ4n) is 3.33. The normalized spacial score (nSPS) is 16.6. The van der Waals surface area contributed by atoms with Crippen LogP contribution in [0, 0.1) is 0 Å². The summed E-state index contributed by atoms with van der Waals surface area (Å²) < 4.78 is 17.1. The molecule has 0 saturated heterocycles. The average molecular weight is 328 g/mol. The van der Waals surface area contributed by atoms with Gasteiger partial charge in [-0.3, -0.25) is 0 Å². The van der Waals surface area contributed by atoms with Crippen LogP contribution in [0.15, 0.2) is 42.5 Å². The van der Waals surface area contributed by atoms with Crippen molar-refractivity contribution in [3.8, 4) is 17.2 Å². The van der Waals surface area contributed by atoms with Crippen molar-refractivity contribution in [1.29, 1.82) is 0 Å². The average Bonchev–Trinajstić information content (AvgIpc) is 2.96. The molecule has 0 radical (unpaired) electrons. The van der Waals surface area contributed by atoms with Gasteiger partial charge in [-0.2, -0.15) is 0 Å². The summed E-state index contributed by atoms with van der Waals surface area (Å²) in [6.07, 6.45) is 1.14. The lowest BCUT2D eigenvalue weighted by atomic mass is 10.1. The monoisotopic (exact) mass is 328 g/mol. The van der Waals surface area contributed by atoms with Gasteiger partial charge in [0.05, 0.1) is 22.3 Å². The lowest BCUT2D eigenvalue weighted by molar-refractivity contribution is 0.241. The summed E-state index contributed by atoms with van der Waals surface area (Å²) in [4.78, 5) is 0. The molecule has 0 spiro atoms. The van der Waals surface area contributed by atoms with E-state index in [2.05, 4.69) is 49.5 Å². The van der Waals surface area contributed by atoms with Crippen LogP contribution in [0.1, 0.15) is 5.56 Å². The van der Waals surface area contributed by atoms with E-state index < -0.39 is 8.07 Å². The van der Waals surface area contributed by atoms with Gasteiger partial charge in [-0.15, -0.1) is 0 Å². The Balaban J connectivity index is 1.80. The number of rotatable bonds is 5. The largest absolute Gasteiger partial charge is 0.497 e. The zero-order chi connectivity index (χ0) is 16.4. The van der Waals surface area contributed by atoms with Crippen molar-refractivity contribution in [2.75, 3.05) is 14.2 Å². The Labute approximate surface area is 139 Å². The molecule has 0 N–H and O–H groups in total. The second kappa shape index (κ2) is 6.28. The van der Waals surface area contributed by atoms with Crippen molar-refractivity contribution in [2.24, 2.45) is 0 Å². The highest BCUT2D eigenvalue weighted by molar-refractivity contribution is 6.89. The third-order valence-electron chi connectivity index (χ3n) is 4.59. The number of methoxy groups -OCH3 is 2. The second-order valence-electron chi connectivity index (χ2n) is 6.72. The molecule has 0 aromatic heterocycles. The molecule has 122 valence electrons. The van der Waals surface area contributed by atoms with Gasteiger partial charge < -0.3 is 14.2 Å². The summed E-state index contributed by atoms with van der Waals surface area (Å²) in [7, 11) is 1.83. The van der Waals surface area contributed by atoms with Gasteiger partial charge in [0.15, 0.2) is 11.5 Å². The van der Waals surface area contributed by atoms with Gasteiger partial charge in [0, 0.05) is 18.1 Å². The zero-order valence-corrected chi connectivity index (χ0v) is 15.3. The van der Waals surface area contributed by atoms with E-state index in [1.54, 1.807) is 14.2 Å². The molecule has 1 aliphatic heterocycles. The Bertz CT molecular complexity index is 683. The maximum Gasteiger partial charge on any atom is 0.165 e. The van der Waals surface area contributed by atoms with Crippen molar-refractivity contribution in [1.82, 2.24) is 0 Å². The minimum absolute atomic E-state index is 0.216. The van der Waals surface area contributed by atoms with Crippen LogP contribution in [0.25, 0.3) is 0 Å². The number of ether oxygens (including phenoxy) is 3. The smallest absolute Gasteiger partial charge is 0.165 e. The summed E-state index contributed by atoms with van der Waals surface area (Å²) in [6.45, 7) is 4.82. The van der Waals surface area contributed by atoms with E-state index in [0.29, 0.717) is 0 Å². The first-order chi connectivity index (χ1) is 11.0. The van der Waals surface area contributed by atoms with Crippen LogP contribution < -0.4 is 19.4 Å². The van der Waals surface area contributed by atoms with Gasteiger partial charge in [0.1, 0.15) is 11.9 Å². The van der Waals surface area contributed by atoms with Crippen LogP contribution in [0.3, 0.4) is 0 Å². The molecule has 1 heterocycles. The van der Waals surface area contributed by atoms with Gasteiger partial charge in [-0.1, -0.05) is 48.6 Å². The molecule has 1 aliphatic rings. The molecule has 3 rings (SSSR count). The topological polar surface area (TPSA) is 27.7 Å². The van der Waals surface area contributed by atoms with Crippen molar-refractivity contribution in [3.63, 3.8) is 0 Å². The first kappa shape index (κ1) is 15.9. The summed E-state index contributed by atoms with van der Waals surface area (Å²) in [6, 6.07) is 15.9. The Morgan fingerprint density at radius 3 is 2.48 bits per heavy atom. The summed E-state index contributed by atoms with van der Waals surface area (Å²) in [5.74, 6) is 2.47. The molecular weight excluding hydrogens is 304 g/mol. The Kier molecular flexibility index (Phi) is 4.35. The van der Waals surface area contributed by atoms with Crippen LogP contribution in [0.5, 0.6) is 17.2 Å². The summed E-state index contributed by atoms with van der Waals surface area (Å²) in [5, 5.41) is 1.48. The lowest BCUT2D eigenvalue weighted by Crippen LogP contribution is -2.44. The van der Waals surface area contributed by atoms with Crippen LogP contribution in [0.4, 0.5) is 0 Å². The molecule has 23 heavy (non-hydrogen) atoms. The standard InChI is InChI=1S/C19H24O3Si/c1-20-15-10-14-11-16(22-19(14)18(12-15)21-2)13-23(3,4)17-8-6-5-7-9-17/h5-10,12,16H,11,13H2,1-4H3. The Morgan fingerprint density at radius 1 is 1.09 bits per heavy atom. The number of fused-ring (bicyclic) bond motifs is 1. The molecule has 1 unspecified atom stereocenters. The maximum atomic E-state index is 6.24. The molecule has 2 aromatic carbocycles. The molecule has 2 aromatic rings. The van der Waals surface area contributed by atoms with Crippen LogP contribution >= 0.6 is 0 Å². The minimum Gasteiger partial charge on any atom is -0.497 e. The SMILES string of the molecule is COc1cc2c(c(OC)c1)OC(C[Si](C)(C)c1ccccc1)C2. The van der Waals surface area contributed by atoms with E-state index in [0.717, 1.165) is 29.7 Å². The summed E-state index contributed by atoms with van der Waals surface area (Å²) >= 11 is 0. The highest BCUT2D eigenvalue weighted by Gasteiger charge is 2.34. The lowest BCUT2D eigenvalue weighted by Gasteiger charge is -2.26. The maximum absolute atomic E-state index is 6.24. The van der Waals surface area contributed by atoms with Crippen LogP contribution in [-0.2, 0) is 6.42 Å². The molecule has 1 atom stereocenters. The molecule has 4 heteroatoms. The Hall–Kier alpha value is -1.94. The van der Waals surface area contributed by atoms with Gasteiger partial charge in [-0.05, 0) is 12.1 Å². The van der Waals surface area contributed by atoms with Gasteiger partial charge in [0.25, 0.3) is 0 Å². The zero-order valence-electron chi connectivity index (χ0n) is 14.3. The van der Waals surface area contributed by atoms with E-state index >= 15 is 0 Å². The predicted molar refractivity (Wildman–Crippen MR) is 96.0 cm³/mol. The molecule has 0 fully saturated rings. The van der Waals surface area contributed by atoms with Crippen molar-refractivity contribution in [3.05, 3.63) is 48.0 Å². The van der Waals surface area contributed by atoms with E-state index in [1.165, 1.54) is 10.8 Å². The third kappa shape index (κ3) is 3.22. The number of hydrogen-bond acceptors (Lipinski definition) is 3. The molecule has 0 aliphatic carbocycles. The molecule has 0 bridgehead atoms. The summed E-state index contributed by atoms with van der Waals surface area (Å²) in [5.41, 5.74) is 1.18. The minimum atomic E-state index is -1.53. The predicted octanol–water partition coefficient (Wildman–Crippen LogP) is 3.62. The number of benzene rings is 2. The fourth-order valence-corrected chi connectivity index (χ4v) is 6.03. The van der Waals surface area contributed by atoms with E-state index in [4.69, 9.17) is 14.2 Å². The van der Waals surface area contributed by atoms with Gasteiger partial charge >= 0.3 is 0 Å². The quantitative estimate of drug-likeness (QED) is 0.785. The second-order valence-corrected chi connectivity index (χ2v) is 11.5. The molecule has 3 nitrogen and oxygen atoms in total. The molecular formula is C19H24O3Si. The van der Waals surface area contributed by atoms with E-state index in [9.17, 15) is 0 Å². The molecule has 0 saturated carbocycles. The van der Waals surface area contributed by atoms with E-state index in [1.807, 2.05) is 6.07 Å². The van der Waals surface area contributed by atoms with Crippen LogP contribution in [0.2, 0.25) is 19.1 Å². The first-order valence-electron chi connectivity index (χ1n) is 8.00. The van der Waals surface area contributed by atoms with Gasteiger partial charge in [-0.25, -0.2) is 0 Å². The highest BCUT2D eigenvalue weighted by atomic mass is 28.3. The van der Waals surface area contributed by atoms with Crippen molar-refractivity contribution >= 4 is 13.3 Å². The Morgan fingerprint density at radius 2 is 1.83 bits per heavy atom. The van der Waals surface area contributed by atoms with Crippen LogP contribution in [-0.4, -0.2) is 28.4 Å². The van der Waals surface area contributed by atoms with Crippen molar-refractivity contribution in [2.45, 2.75) is 31.7 Å². The fraction of sp³-hybridized carbons (Fsp3) is 0.368. The highest BCUT2D eigenvalue weighted by Crippen LogP contribution is 2.42. The van der Waals surface area contributed by atoms with Gasteiger partial charge in [0.2, 0.25) is 0 Å². The van der Waals surface area contributed by atoms with E-state index in [-0.39, 0.29) is 6.10 Å².